The van der Waals surface area contributed by atoms with Gasteiger partial charge < -0.3 is 10.1 Å². The maximum Gasteiger partial charge on any atom is 0.407 e. The van der Waals surface area contributed by atoms with E-state index in [-0.39, 0.29) is 5.25 Å². The first kappa shape index (κ1) is 19.0. The standard InChI is InChI=1S/C18H23ClN2O2S/c1-18(2,3)23-17(22)21-11-15(24-4)16-14(19)9-13(10-20-16)8-7-12-5-6-12/h9-10,12,15H,5-6,11H2,1-4H3,(H,21,22). The van der Waals surface area contributed by atoms with E-state index in [9.17, 15) is 4.79 Å². The first-order valence-corrected chi connectivity index (χ1v) is 9.61. The van der Waals surface area contributed by atoms with Crippen LogP contribution in [0.1, 0.15) is 50.1 Å². The van der Waals surface area contributed by atoms with Gasteiger partial charge in [-0.15, -0.1) is 0 Å². The van der Waals surface area contributed by atoms with Crippen LogP contribution in [0.15, 0.2) is 12.3 Å². The summed E-state index contributed by atoms with van der Waals surface area (Å²) in [6, 6.07) is 1.84. The SMILES string of the molecule is CSC(CNC(=O)OC(C)(C)C)c1ncc(C#CC2CC2)cc1Cl. The van der Waals surface area contributed by atoms with Crippen molar-refractivity contribution >= 4 is 29.5 Å². The summed E-state index contributed by atoms with van der Waals surface area (Å²) < 4.78 is 5.25. The largest absolute Gasteiger partial charge is 0.444 e. The number of alkyl carbamates (subject to hydrolysis) is 1. The molecular formula is C18H23ClN2O2S. The molecule has 0 bridgehead atoms. The van der Waals surface area contributed by atoms with Crippen molar-refractivity contribution in [2.45, 2.75) is 44.5 Å². The second-order valence-electron chi connectivity index (χ2n) is 6.74. The van der Waals surface area contributed by atoms with Crippen LogP contribution in [-0.2, 0) is 4.74 Å². The molecule has 2 rings (SSSR count). The third kappa shape index (κ3) is 6.26. The number of nitrogens with zero attached hydrogens (tertiary/aromatic N) is 1. The van der Waals surface area contributed by atoms with E-state index >= 15 is 0 Å². The summed E-state index contributed by atoms with van der Waals surface area (Å²) in [4.78, 5) is 16.2. The van der Waals surface area contributed by atoms with E-state index in [0.717, 1.165) is 11.3 Å². The number of aromatic nitrogens is 1. The van der Waals surface area contributed by atoms with Crippen molar-refractivity contribution in [2.75, 3.05) is 12.8 Å². The lowest BCUT2D eigenvalue weighted by Gasteiger charge is -2.21. The van der Waals surface area contributed by atoms with Crippen LogP contribution in [0, 0.1) is 17.8 Å². The molecule has 1 heterocycles. The summed E-state index contributed by atoms with van der Waals surface area (Å²) in [7, 11) is 0. The van der Waals surface area contributed by atoms with Crippen LogP contribution in [0.4, 0.5) is 4.79 Å². The van der Waals surface area contributed by atoms with Gasteiger partial charge in [0, 0.05) is 24.2 Å². The van der Waals surface area contributed by atoms with E-state index in [2.05, 4.69) is 22.1 Å². The fraction of sp³-hybridized carbons (Fsp3) is 0.556. The molecule has 1 fully saturated rings. The van der Waals surface area contributed by atoms with Gasteiger partial charge in [-0.3, -0.25) is 4.98 Å². The lowest BCUT2D eigenvalue weighted by atomic mass is 10.2. The van der Waals surface area contributed by atoms with Gasteiger partial charge in [0.15, 0.2) is 0 Å². The molecule has 1 aromatic heterocycles. The van der Waals surface area contributed by atoms with E-state index in [0.29, 0.717) is 17.5 Å². The monoisotopic (exact) mass is 366 g/mol. The van der Waals surface area contributed by atoms with Crippen LogP contribution in [0.2, 0.25) is 5.02 Å². The molecule has 1 aromatic rings. The average molecular weight is 367 g/mol. The number of ether oxygens (including phenoxy) is 1. The van der Waals surface area contributed by atoms with Crippen molar-refractivity contribution in [3.8, 4) is 11.8 Å². The minimum absolute atomic E-state index is 0.0459. The van der Waals surface area contributed by atoms with Crippen LogP contribution in [0.25, 0.3) is 0 Å². The molecule has 1 atom stereocenters. The van der Waals surface area contributed by atoms with Crippen LogP contribution < -0.4 is 5.32 Å². The van der Waals surface area contributed by atoms with Crippen molar-refractivity contribution in [1.29, 1.82) is 0 Å². The van der Waals surface area contributed by atoms with Gasteiger partial charge in [0.2, 0.25) is 0 Å². The number of hydrogen-bond donors (Lipinski definition) is 1. The highest BCUT2D eigenvalue weighted by atomic mass is 35.5. The highest BCUT2D eigenvalue weighted by Crippen LogP contribution is 2.31. The Labute approximate surface area is 153 Å². The van der Waals surface area contributed by atoms with Crippen LogP contribution in [0.3, 0.4) is 0 Å². The first-order chi connectivity index (χ1) is 11.3. The zero-order valence-corrected chi connectivity index (χ0v) is 16.1. The van der Waals surface area contributed by atoms with Gasteiger partial charge >= 0.3 is 6.09 Å². The molecule has 0 aromatic carbocycles. The quantitative estimate of drug-likeness (QED) is 0.801. The minimum atomic E-state index is -0.517. The summed E-state index contributed by atoms with van der Waals surface area (Å²) in [5.74, 6) is 6.85. The minimum Gasteiger partial charge on any atom is -0.444 e. The fourth-order valence-electron chi connectivity index (χ4n) is 1.95. The molecule has 1 saturated carbocycles. The van der Waals surface area contributed by atoms with Crippen molar-refractivity contribution in [3.63, 3.8) is 0 Å². The maximum atomic E-state index is 11.8. The molecule has 0 spiro atoms. The third-order valence-electron chi connectivity index (χ3n) is 3.29. The van der Waals surface area contributed by atoms with Crippen molar-refractivity contribution in [3.05, 3.63) is 28.5 Å². The second-order valence-corrected chi connectivity index (χ2v) is 8.19. The Kier molecular flexibility index (Phi) is 6.42. The summed E-state index contributed by atoms with van der Waals surface area (Å²) in [5, 5.41) is 3.30. The Morgan fingerprint density at radius 2 is 2.25 bits per heavy atom. The van der Waals surface area contributed by atoms with Crippen molar-refractivity contribution in [1.82, 2.24) is 10.3 Å². The van der Waals surface area contributed by atoms with Crippen molar-refractivity contribution < 1.29 is 9.53 Å². The molecule has 1 aliphatic carbocycles. The summed E-state index contributed by atoms with van der Waals surface area (Å²) in [6.45, 7) is 5.89. The van der Waals surface area contributed by atoms with E-state index in [1.54, 1.807) is 18.0 Å². The number of carbonyl (C=O) groups excluding carboxylic acids is 1. The second kappa shape index (κ2) is 8.13. The number of halogens is 1. The highest BCUT2D eigenvalue weighted by molar-refractivity contribution is 7.98. The highest BCUT2D eigenvalue weighted by Gasteiger charge is 2.20. The van der Waals surface area contributed by atoms with Gasteiger partial charge in [-0.1, -0.05) is 23.4 Å². The summed E-state index contributed by atoms with van der Waals surface area (Å²) in [6.07, 6.45) is 5.64. The Morgan fingerprint density at radius 3 is 2.79 bits per heavy atom. The van der Waals surface area contributed by atoms with E-state index in [1.807, 2.05) is 33.1 Å². The van der Waals surface area contributed by atoms with Gasteiger partial charge in [0.1, 0.15) is 5.60 Å². The number of rotatable bonds is 4. The van der Waals surface area contributed by atoms with Crippen LogP contribution in [-0.4, -0.2) is 29.5 Å². The molecule has 1 amide bonds. The average Bonchev–Trinajstić information content (AvgIpc) is 3.29. The number of amides is 1. The van der Waals surface area contributed by atoms with Gasteiger partial charge in [0.25, 0.3) is 0 Å². The van der Waals surface area contributed by atoms with Gasteiger partial charge in [0.05, 0.1) is 16.0 Å². The molecule has 4 nitrogen and oxygen atoms in total. The lowest BCUT2D eigenvalue weighted by Crippen LogP contribution is -2.34. The molecule has 1 unspecified atom stereocenters. The molecule has 0 saturated heterocycles. The molecular weight excluding hydrogens is 344 g/mol. The number of hydrogen-bond acceptors (Lipinski definition) is 4. The topological polar surface area (TPSA) is 51.2 Å². The van der Waals surface area contributed by atoms with Crippen LogP contribution >= 0.6 is 23.4 Å². The molecule has 24 heavy (non-hydrogen) atoms. The predicted molar refractivity (Wildman–Crippen MR) is 99.3 cm³/mol. The van der Waals surface area contributed by atoms with Gasteiger partial charge in [-0.25, -0.2) is 4.79 Å². The van der Waals surface area contributed by atoms with Gasteiger partial charge in [-0.2, -0.15) is 11.8 Å². The Morgan fingerprint density at radius 1 is 1.54 bits per heavy atom. The molecule has 6 heteroatoms. The Balaban J connectivity index is 1.99. The Bertz CT molecular complexity index is 657. The van der Waals surface area contributed by atoms with Crippen LogP contribution in [0.5, 0.6) is 0 Å². The number of thioether (sulfide) groups is 1. The summed E-state index contributed by atoms with van der Waals surface area (Å²) in [5.41, 5.74) is 1.06. The summed E-state index contributed by atoms with van der Waals surface area (Å²) >= 11 is 7.95. The van der Waals surface area contributed by atoms with E-state index in [1.165, 1.54) is 12.8 Å². The first-order valence-electron chi connectivity index (χ1n) is 7.95. The molecule has 0 aliphatic heterocycles. The smallest absolute Gasteiger partial charge is 0.407 e. The zero-order chi connectivity index (χ0) is 17.7. The Hall–Kier alpha value is -1.38. The zero-order valence-electron chi connectivity index (χ0n) is 14.5. The lowest BCUT2D eigenvalue weighted by molar-refractivity contribution is 0.0528. The molecule has 130 valence electrons. The van der Waals surface area contributed by atoms with E-state index in [4.69, 9.17) is 16.3 Å². The maximum absolute atomic E-state index is 11.8. The molecule has 1 aliphatic rings. The predicted octanol–water partition coefficient (Wildman–Crippen LogP) is 4.43. The number of pyridine rings is 1. The fourth-order valence-corrected chi connectivity index (χ4v) is 2.97. The third-order valence-corrected chi connectivity index (χ3v) is 4.55. The molecule has 1 N–H and O–H groups in total. The van der Waals surface area contributed by atoms with Gasteiger partial charge in [-0.05, 0) is 45.9 Å². The molecule has 0 radical (unpaired) electrons. The normalized spacial score (nSPS) is 15.2. The number of carbonyl (C=O) groups is 1. The van der Waals surface area contributed by atoms with E-state index < -0.39 is 11.7 Å². The van der Waals surface area contributed by atoms with Crippen molar-refractivity contribution in [2.24, 2.45) is 5.92 Å². The number of nitrogens with one attached hydrogen (secondary N) is 1.